The van der Waals surface area contributed by atoms with E-state index in [2.05, 4.69) is 63.0 Å². The number of carbonyl (C=O) groups excluding carboxylic acids is 2. The number of likely N-dealkylation sites (N-methyl/N-ethyl adjacent to an activating group) is 1. The highest BCUT2D eigenvalue weighted by molar-refractivity contribution is 5.73. The molecule has 0 aromatic heterocycles. The van der Waals surface area contributed by atoms with Gasteiger partial charge in [-0.3, -0.25) is 14.5 Å². The first-order valence-electron chi connectivity index (χ1n) is 18.9. The van der Waals surface area contributed by atoms with Crippen LogP contribution in [0.4, 0.5) is 0 Å². The summed E-state index contributed by atoms with van der Waals surface area (Å²) in [5.41, 5.74) is 4.33. The van der Waals surface area contributed by atoms with Gasteiger partial charge in [0, 0.05) is 19.5 Å². The Bertz CT molecular complexity index is 911. The lowest BCUT2D eigenvalue weighted by molar-refractivity contribution is -0.149. The van der Waals surface area contributed by atoms with Crippen molar-refractivity contribution in [3.05, 3.63) is 47.1 Å². The molecule has 5 heteroatoms. The van der Waals surface area contributed by atoms with Gasteiger partial charge in [0.2, 0.25) is 0 Å². The van der Waals surface area contributed by atoms with E-state index in [1.165, 1.54) is 87.3 Å². The number of hydrogen-bond donors (Lipinski definition) is 0. The van der Waals surface area contributed by atoms with Crippen molar-refractivity contribution in [2.45, 2.75) is 163 Å². The third kappa shape index (κ3) is 25.0. The van der Waals surface area contributed by atoms with Crippen molar-refractivity contribution >= 4 is 11.9 Å². The lowest BCUT2D eigenvalue weighted by Gasteiger charge is -2.22. The van der Waals surface area contributed by atoms with E-state index >= 15 is 0 Å². The zero-order valence-corrected chi connectivity index (χ0v) is 30.7. The van der Waals surface area contributed by atoms with E-state index in [4.69, 9.17) is 9.47 Å². The Hall–Kier alpha value is -2.14. The number of carbonyl (C=O) groups is 2. The molecule has 0 aromatic carbocycles. The first-order valence-corrected chi connectivity index (χ1v) is 18.9. The Labute approximate surface area is 284 Å². The Kier molecular flexibility index (Phi) is 26.4. The van der Waals surface area contributed by atoms with E-state index in [9.17, 15) is 9.59 Å². The summed E-state index contributed by atoms with van der Waals surface area (Å²) in [6.07, 6.45) is 35.5. The first-order chi connectivity index (χ1) is 22.3. The van der Waals surface area contributed by atoms with Gasteiger partial charge in [0.05, 0.1) is 5.92 Å². The molecule has 0 aliphatic heterocycles. The molecular weight excluding hydrogens is 570 g/mol. The molecule has 46 heavy (non-hydrogen) atoms. The molecule has 1 unspecified atom stereocenters. The summed E-state index contributed by atoms with van der Waals surface area (Å²) >= 11 is 0. The number of unbranched alkanes of at least 4 members (excludes halogenated alkanes) is 11. The summed E-state index contributed by atoms with van der Waals surface area (Å²) in [5.74, 6) is -0.200. The van der Waals surface area contributed by atoms with E-state index in [0.717, 1.165) is 57.8 Å². The number of nitrogens with zero attached hydrogens (tertiary/aromatic N) is 1. The highest BCUT2D eigenvalue weighted by atomic mass is 16.5. The Balaban J connectivity index is 1.98. The molecule has 0 spiro atoms. The van der Waals surface area contributed by atoms with Gasteiger partial charge in [0.25, 0.3) is 0 Å². The quantitative estimate of drug-likeness (QED) is 0.0483. The SMILES string of the molecule is CCCCCCC/C=C/CCCCCCCCC(=O)OCCN(C)CCOC(=O)C1CC=C(CC/C=C(\C)CCC=C(C)C)CC1. The molecule has 1 aliphatic rings. The largest absolute Gasteiger partial charge is 0.464 e. The smallest absolute Gasteiger partial charge is 0.309 e. The summed E-state index contributed by atoms with van der Waals surface area (Å²) in [4.78, 5) is 26.7. The minimum Gasteiger partial charge on any atom is -0.464 e. The van der Waals surface area contributed by atoms with Crippen molar-refractivity contribution in [2.75, 3.05) is 33.4 Å². The van der Waals surface area contributed by atoms with Crippen LogP contribution in [0.1, 0.15) is 163 Å². The van der Waals surface area contributed by atoms with Crippen molar-refractivity contribution in [1.82, 2.24) is 4.90 Å². The van der Waals surface area contributed by atoms with Crippen LogP contribution in [-0.2, 0) is 19.1 Å². The third-order valence-corrected chi connectivity index (χ3v) is 8.98. The summed E-state index contributed by atoms with van der Waals surface area (Å²) in [5, 5.41) is 0. The molecule has 0 amide bonds. The fourth-order valence-corrected chi connectivity index (χ4v) is 5.78. The van der Waals surface area contributed by atoms with Crippen LogP contribution in [0.5, 0.6) is 0 Å². The molecule has 0 N–H and O–H groups in total. The molecule has 0 fully saturated rings. The molecule has 5 nitrogen and oxygen atoms in total. The second kappa shape index (κ2) is 29.0. The van der Waals surface area contributed by atoms with Crippen molar-refractivity contribution in [2.24, 2.45) is 5.92 Å². The monoisotopic (exact) mass is 642 g/mol. The predicted molar refractivity (Wildman–Crippen MR) is 196 cm³/mol. The first kappa shape index (κ1) is 41.9. The van der Waals surface area contributed by atoms with Gasteiger partial charge in [-0.05, 0) is 105 Å². The molecule has 0 aromatic rings. The average Bonchev–Trinajstić information content (AvgIpc) is 3.03. The summed E-state index contributed by atoms with van der Waals surface area (Å²) in [6.45, 7) is 10.8. The van der Waals surface area contributed by atoms with Gasteiger partial charge in [-0.1, -0.05) is 105 Å². The van der Waals surface area contributed by atoms with E-state index in [-0.39, 0.29) is 17.9 Å². The van der Waals surface area contributed by atoms with Crippen LogP contribution in [-0.4, -0.2) is 50.2 Å². The third-order valence-electron chi connectivity index (χ3n) is 8.98. The van der Waals surface area contributed by atoms with Crippen molar-refractivity contribution < 1.29 is 19.1 Å². The van der Waals surface area contributed by atoms with Gasteiger partial charge in [-0.25, -0.2) is 0 Å². The maximum absolute atomic E-state index is 12.6. The lowest BCUT2D eigenvalue weighted by atomic mass is 9.87. The molecule has 0 radical (unpaired) electrons. The predicted octanol–water partition coefficient (Wildman–Crippen LogP) is 11.2. The van der Waals surface area contributed by atoms with E-state index < -0.39 is 0 Å². The molecule has 0 bridgehead atoms. The van der Waals surface area contributed by atoms with E-state index in [1.54, 1.807) is 0 Å². The van der Waals surface area contributed by atoms with Crippen molar-refractivity contribution in [1.29, 1.82) is 0 Å². The lowest BCUT2D eigenvalue weighted by Crippen LogP contribution is -2.30. The van der Waals surface area contributed by atoms with Crippen LogP contribution >= 0.6 is 0 Å². The maximum atomic E-state index is 12.6. The Morgan fingerprint density at radius 2 is 1.41 bits per heavy atom. The molecule has 0 saturated heterocycles. The molecule has 1 aliphatic carbocycles. The molecule has 0 saturated carbocycles. The van der Waals surface area contributed by atoms with Crippen molar-refractivity contribution in [3.8, 4) is 0 Å². The maximum Gasteiger partial charge on any atom is 0.309 e. The van der Waals surface area contributed by atoms with Gasteiger partial charge in [-0.2, -0.15) is 0 Å². The standard InChI is InChI=1S/C41H71NO4/c1-6-7-8-9-10-11-12-13-14-15-16-17-18-19-20-27-40(43)45-34-32-42(5)33-35-46-41(44)39-30-28-38(29-31-39)26-22-25-37(4)24-21-23-36(2)3/h12-13,23,25,28,39H,6-11,14-22,24,26-27,29-35H2,1-5H3/b13-12+,37-25+. The van der Waals surface area contributed by atoms with Gasteiger partial charge < -0.3 is 9.47 Å². The number of ether oxygens (including phenoxy) is 2. The zero-order valence-electron chi connectivity index (χ0n) is 30.7. The summed E-state index contributed by atoms with van der Waals surface area (Å²) < 4.78 is 11.0. The average molecular weight is 642 g/mol. The minimum absolute atomic E-state index is 0.0202. The molecular formula is C41H71NO4. The van der Waals surface area contributed by atoms with Crippen LogP contribution in [0.2, 0.25) is 0 Å². The van der Waals surface area contributed by atoms with E-state index in [1.807, 2.05) is 7.05 Å². The highest BCUT2D eigenvalue weighted by Crippen LogP contribution is 2.27. The Morgan fingerprint density at radius 1 is 0.783 bits per heavy atom. The van der Waals surface area contributed by atoms with E-state index in [0.29, 0.717) is 32.7 Å². The van der Waals surface area contributed by atoms with Crippen LogP contribution in [0.25, 0.3) is 0 Å². The van der Waals surface area contributed by atoms with Crippen LogP contribution < -0.4 is 0 Å². The molecule has 0 heterocycles. The van der Waals surface area contributed by atoms with Crippen LogP contribution in [0, 0.1) is 5.92 Å². The van der Waals surface area contributed by atoms with Gasteiger partial charge in [0.1, 0.15) is 13.2 Å². The Morgan fingerprint density at radius 3 is 2.04 bits per heavy atom. The fourth-order valence-electron chi connectivity index (χ4n) is 5.78. The number of allylic oxidation sites excluding steroid dienone is 8. The molecule has 1 atom stereocenters. The normalized spacial score (nSPS) is 15.3. The topological polar surface area (TPSA) is 55.8 Å². The minimum atomic E-state index is -0.102. The van der Waals surface area contributed by atoms with Gasteiger partial charge in [-0.15, -0.1) is 0 Å². The fraction of sp³-hybridized carbons (Fsp3) is 0.756. The number of hydrogen-bond acceptors (Lipinski definition) is 5. The number of rotatable bonds is 28. The second-order valence-electron chi connectivity index (χ2n) is 13.8. The molecule has 264 valence electrons. The summed E-state index contributed by atoms with van der Waals surface area (Å²) in [6, 6.07) is 0. The van der Waals surface area contributed by atoms with Gasteiger partial charge >= 0.3 is 11.9 Å². The highest BCUT2D eigenvalue weighted by Gasteiger charge is 2.22. The van der Waals surface area contributed by atoms with Crippen LogP contribution in [0.15, 0.2) is 47.1 Å². The van der Waals surface area contributed by atoms with Gasteiger partial charge in [0.15, 0.2) is 0 Å². The second-order valence-corrected chi connectivity index (χ2v) is 13.8. The van der Waals surface area contributed by atoms with Crippen molar-refractivity contribution in [3.63, 3.8) is 0 Å². The zero-order chi connectivity index (χ0) is 33.7. The molecule has 1 rings (SSSR count). The summed E-state index contributed by atoms with van der Waals surface area (Å²) in [7, 11) is 1.97. The number of esters is 2. The van der Waals surface area contributed by atoms with Crippen LogP contribution in [0.3, 0.4) is 0 Å².